The molecule has 0 radical (unpaired) electrons. The molecule has 0 atom stereocenters. The van der Waals surface area contributed by atoms with E-state index in [2.05, 4.69) is 15.7 Å². The Kier molecular flexibility index (Phi) is 6.11. The third kappa shape index (κ3) is 5.23. The molecule has 1 aromatic heterocycles. The van der Waals surface area contributed by atoms with Crippen LogP contribution in [0.3, 0.4) is 0 Å². The lowest BCUT2D eigenvalue weighted by molar-refractivity contribution is -0.124. The lowest BCUT2D eigenvalue weighted by Gasteiger charge is -2.08. The van der Waals surface area contributed by atoms with Crippen molar-refractivity contribution < 1.29 is 18.4 Å². The summed E-state index contributed by atoms with van der Waals surface area (Å²) in [6, 6.07) is 12.0. The van der Waals surface area contributed by atoms with Crippen molar-refractivity contribution >= 4 is 17.5 Å². The number of carbonyl (C=O) groups excluding carboxylic acids is 2. The number of hydrogen-bond acceptors (Lipinski definition) is 3. The molecule has 28 heavy (non-hydrogen) atoms. The van der Waals surface area contributed by atoms with Gasteiger partial charge in [0, 0.05) is 24.5 Å². The van der Waals surface area contributed by atoms with Crippen LogP contribution in [0.1, 0.15) is 12.0 Å². The van der Waals surface area contributed by atoms with Crippen LogP contribution in [-0.2, 0) is 16.0 Å². The molecule has 2 amide bonds. The molecule has 0 bridgehead atoms. The van der Waals surface area contributed by atoms with Crippen LogP contribution < -0.4 is 10.6 Å². The fourth-order valence-corrected chi connectivity index (χ4v) is 2.57. The van der Waals surface area contributed by atoms with Gasteiger partial charge in [0.1, 0.15) is 11.6 Å². The molecule has 0 saturated carbocycles. The van der Waals surface area contributed by atoms with Crippen molar-refractivity contribution in [2.24, 2.45) is 0 Å². The molecule has 2 aromatic carbocycles. The summed E-state index contributed by atoms with van der Waals surface area (Å²) in [6.45, 7) is -0.217. The van der Waals surface area contributed by atoms with Crippen LogP contribution in [0.4, 0.5) is 14.5 Å². The van der Waals surface area contributed by atoms with E-state index in [9.17, 15) is 18.4 Å². The van der Waals surface area contributed by atoms with Gasteiger partial charge in [0.15, 0.2) is 0 Å². The molecule has 0 aliphatic carbocycles. The van der Waals surface area contributed by atoms with E-state index in [0.29, 0.717) is 5.69 Å². The summed E-state index contributed by atoms with van der Waals surface area (Å²) in [6.07, 6.45) is 3.47. The normalized spacial score (nSPS) is 10.5. The van der Waals surface area contributed by atoms with Gasteiger partial charge in [-0.25, -0.2) is 13.5 Å². The minimum Gasteiger partial charge on any atom is -0.347 e. The molecule has 0 spiro atoms. The van der Waals surface area contributed by atoms with Crippen molar-refractivity contribution in [2.45, 2.75) is 12.8 Å². The Labute approximate surface area is 160 Å². The maximum absolute atomic E-state index is 13.5. The van der Waals surface area contributed by atoms with Crippen LogP contribution >= 0.6 is 0 Å². The smallest absolute Gasteiger partial charge is 0.243 e. The van der Waals surface area contributed by atoms with Crippen LogP contribution in [0, 0.1) is 11.6 Å². The number of hydrogen-bond donors (Lipinski definition) is 2. The molecule has 0 unspecified atom stereocenters. The molecule has 6 nitrogen and oxygen atoms in total. The molecular weight excluding hydrogens is 366 g/mol. The highest BCUT2D eigenvalue weighted by molar-refractivity contribution is 5.94. The molecule has 0 fully saturated rings. The Morgan fingerprint density at radius 3 is 2.54 bits per heavy atom. The topological polar surface area (TPSA) is 76.0 Å². The summed E-state index contributed by atoms with van der Waals surface area (Å²) >= 11 is 0. The molecule has 0 aliphatic heterocycles. The van der Waals surface area contributed by atoms with Gasteiger partial charge in [0.25, 0.3) is 0 Å². The Morgan fingerprint density at radius 1 is 1.04 bits per heavy atom. The van der Waals surface area contributed by atoms with Gasteiger partial charge < -0.3 is 10.6 Å². The molecule has 2 N–H and O–H groups in total. The highest BCUT2D eigenvalue weighted by atomic mass is 19.1. The minimum atomic E-state index is -0.564. The van der Waals surface area contributed by atoms with Crippen LogP contribution in [0.25, 0.3) is 5.69 Å². The Hall–Kier alpha value is -3.55. The average Bonchev–Trinajstić information content (AvgIpc) is 3.22. The number of amides is 2. The quantitative estimate of drug-likeness (QED) is 0.658. The zero-order valence-corrected chi connectivity index (χ0v) is 14.9. The van der Waals surface area contributed by atoms with E-state index in [4.69, 9.17) is 0 Å². The second-order valence-electron chi connectivity index (χ2n) is 6.06. The zero-order valence-electron chi connectivity index (χ0n) is 14.9. The molecular formula is C20H18F2N4O2. The van der Waals surface area contributed by atoms with Crippen molar-refractivity contribution in [3.05, 3.63) is 78.1 Å². The minimum absolute atomic E-state index is 0.0476. The highest BCUT2D eigenvalue weighted by Gasteiger charge is 2.09. The van der Waals surface area contributed by atoms with Gasteiger partial charge in [-0.3, -0.25) is 9.59 Å². The number of carbonyl (C=O) groups is 2. The number of aromatic nitrogens is 2. The van der Waals surface area contributed by atoms with Crippen LogP contribution in [0.2, 0.25) is 0 Å². The number of nitrogens with one attached hydrogen (secondary N) is 2. The second-order valence-corrected chi connectivity index (χ2v) is 6.06. The van der Waals surface area contributed by atoms with E-state index >= 15 is 0 Å². The lowest BCUT2D eigenvalue weighted by Crippen LogP contribution is -2.33. The average molecular weight is 384 g/mol. The first-order chi connectivity index (χ1) is 13.5. The van der Waals surface area contributed by atoms with Crippen molar-refractivity contribution in [3.63, 3.8) is 0 Å². The van der Waals surface area contributed by atoms with Crippen LogP contribution in [0.5, 0.6) is 0 Å². The SMILES string of the molecule is O=C(CCc1cc(F)ccc1F)NCC(=O)Nc1ccc(-n2cccn2)cc1. The van der Waals surface area contributed by atoms with Gasteiger partial charge >= 0.3 is 0 Å². The summed E-state index contributed by atoms with van der Waals surface area (Å²) in [5.41, 5.74) is 1.55. The number of rotatable bonds is 7. The maximum atomic E-state index is 13.5. The molecule has 3 rings (SSSR count). The fraction of sp³-hybridized carbons (Fsp3) is 0.150. The maximum Gasteiger partial charge on any atom is 0.243 e. The van der Waals surface area contributed by atoms with Crippen molar-refractivity contribution in [1.29, 1.82) is 0 Å². The summed E-state index contributed by atoms with van der Waals surface area (Å²) in [5.74, 6) is -1.94. The van der Waals surface area contributed by atoms with Gasteiger partial charge in [-0.1, -0.05) is 0 Å². The van der Waals surface area contributed by atoms with Gasteiger partial charge in [-0.05, 0) is 60.5 Å². The summed E-state index contributed by atoms with van der Waals surface area (Å²) in [5, 5.41) is 9.24. The third-order valence-electron chi connectivity index (χ3n) is 4.00. The Bertz CT molecular complexity index is 957. The number of aryl methyl sites for hydroxylation is 1. The monoisotopic (exact) mass is 384 g/mol. The lowest BCUT2D eigenvalue weighted by atomic mass is 10.1. The van der Waals surface area contributed by atoms with E-state index < -0.39 is 23.4 Å². The number of anilines is 1. The van der Waals surface area contributed by atoms with Crippen LogP contribution in [-0.4, -0.2) is 28.1 Å². The molecule has 1 heterocycles. The number of benzene rings is 2. The fourth-order valence-electron chi connectivity index (χ4n) is 2.57. The molecule has 0 aliphatic rings. The second kappa shape index (κ2) is 8.90. The van der Waals surface area contributed by atoms with Crippen molar-refractivity contribution in [2.75, 3.05) is 11.9 Å². The Balaban J connectivity index is 1.43. The molecule has 144 valence electrons. The first-order valence-corrected chi connectivity index (χ1v) is 8.62. The molecule has 3 aromatic rings. The predicted molar refractivity (Wildman–Crippen MR) is 99.9 cm³/mol. The van der Waals surface area contributed by atoms with Gasteiger partial charge in [0.05, 0.1) is 12.2 Å². The Morgan fingerprint density at radius 2 is 1.82 bits per heavy atom. The van der Waals surface area contributed by atoms with Crippen LogP contribution in [0.15, 0.2) is 60.9 Å². The van der Waals surface area contributed by atoms with E-state index in [0.717, 1.165) is 23.9 Å². The van der Waals surface area contributed by atoms with Gasteiger partial charge in [-0.2, -0.15) is 5.10 Å². The van der Waals surface area contributed by atoms with E-state index in [1.54, 1.807) is 47.4 Å². The van der Waals surface area contributed by atoms with E-state index in [1.807, 2.05) is 0 Å². The van der Waals surface area contributed by atoms with Gasteiger partial charge in [0.2, 0.25) is 11.8 Å². The summed E-state index contributed by atoms with van der Waals surface area (Å²) < 4.78 is 28.3. The highest BCUT2D eigenvalue weighted by Crippen LogP contribution is 2.13. The van der Waals surface area contributed by atoms with Gasteiger partial charge in [-0.15, -0.1) is 0 Å². The van der Waals surface area contributed by atoms with Crippen molar-refractivity contribution in [3.8, 4) is 5.69 Å². The first kappa shape index (κ1) is 19.2. The molecule has 0 saturated heterocycles. The van der Waals surface area contributed by atoms with E-state index in [1.165, 1.54) is 0 Å². The summed E-state index contributed by atoms with van der Waals surface area (Å²) in [7, 11) is 0. The first-order valence-electron chi connectivity index (χ1n) is 8.62. The third-order valence-corrected chi connectivity index (χ3v) is 4.00. The predicted octanol–water partition coefficient (Wildman–Crippen LogP) is 2.84. The van der Waals surface area contributed by atoms with Crippen molar-refractivity contribution in [1.82, 2.24) is 15.1 Å². The van der Waals surface area contributed by atoms with E-state index in [-0.39, 0.29) is 24.9 Å². The largest absolute Gasteiger partial charge is 0.347 e. The standard InChI is InChI=1S/C20H18F2N4O2/c21-15-3-8-18(22)14(12-15)2-9-19(27)23-13-20(28)25-16-4-6-17(7-5-16)26-11-1-10-24-26/h1,3-8,10-12H,2,9,13H2,(H,23,27)(H,25,28). The number of nitrogens with zero attached hydrogens (tertiary/aromatic N) is 2. The zero-order chi connectivity index (χ0) is 19.9. The summed E-state index contributed by atoms with van der Waals surface area (Å²) in [4.78, 5) is 23.8. The molecule has 8 heteroatoms. The number of halogens is 2.